The molecule has 3 aromatic rings. The fourth-order valence-electron chi connectivity index (χ4n) is 2.47. The van der Waals surface area contributed by atoms with Gasteiger partial charge in [-0.2, -0.15) is 0 Å². The van der Waals surface area contributed by atoms with Crippen LogP contribution in [0.1, 0.15) is 5.56 Å². The molecule has 0 saturated heterocycles. The van der Waals surface area contributed by atoms with E-state index in [1.165, 1.54) is 5.56 Å². The lowest BCUT2D eigenvalue weighted by Gasteiger charge is -2.11. The van der Waals surface area contributed by atoms with Gasteiger partial charge in [0.1, 0.15) is 5.75 Å². The molecule has 0 fully saturated rings. The van der Waals surface area contributed by atoms with Gasteiger partial charge in [0, 0.05) is 24.3 Å². The second kappa shape index (κ2) is 5.31. The number of aromatic nitrogens is 1. The normalized spacial score (nSPS) is 10.7. The molecule has 0 aliphatic rings. The number of nitrogens with two attached hydrogens (primary N) is 1. The molecule has 0 atom stereocenters. The molecule has 3 heteroatoms. The fraction of sp³-hybridized carbons (Fsp3) is 0.118. The molecule has 1 heterocycles. The minimum atomic E-state index is 0.514. The van der Waals surface area contributed by atoms with Crippen LogP contribution in [0.2, 0.25) is 0 Å². The van der Waals surface area contributed by atoms with Gasteiger partial charge in [-0.1, -0.05) is 24.3 Å². The Morgan fingerprint density at radius 3 is 2.80 bits per heavy atom. The fourth-order valence-corrected chi connectivity index (χ4v) is 2.47. The van der Waals surface area contributed by atoms with Crippen molar-refractivity contribution in [2.24, 2.45) is 5.73 Å². The summed E-state index contributed by atoms with van der Waals surface area (Å²) in [4.78, 5) is 4.21. The Hall–Kier alpha value is -2.39. The third kappa shape index (κ3) is 2.12. The van der Waals surface area contributed by atoms with E-state index in [4.69, 9.17) is 10.5 Å². The van der Waals surface area contributed by atoms with Crippen molar-refractivity contribution in [3.63, 3.8) is 0 Å². The maximum Gasteiger partial charge on any atom is 0.119 e. The van der Waals surface area contributed by atoms with Gasteiger partial charge in [-0.05, 0) is 40.3 Å². The van der Waals surface area contributed by atoms with Crippen molar-refractivity contribution >= 4 is 10.8 Å². The predicted octanol–water partition coefficient (Wildman–Crippen LogP) is 3.37. The van der Waals surface area contributed by atoms with Gasteiger partial charge >= 0.3 is 0 Å². The maximum absolute atomic E-state index is 5.80. The topological polar surface area (TPSA) is 48.1 Å². The highest BCUT2D eigenvalue weighted by Gasteiger charge is 2.07. The minimum Gasteiger partial charge on any atom is -0.497 e. The Kier molecular flexibility index (Phi) is 3.35. The number of pyridine rings is 1. The van der Waals surface area contributed by atoms with Gasteiger partial charge in [0.25, 0.3) is 0 Å². The van der Waals surface area contributed by atoms with Gasteiger partial charge in [0.15, 0.2) is 0 Å². The second-order valence-corrected chi connectivity index (χ2v) is 4.63. The Labute approximate surface area is 118 Å². The highest BCUT2D eigenvalue weighted by molar-refractivity contribution is 5.98. The van der Waals surface area contributed by atoms with Crippen LogP contribution in [0.5, 0.6) is 5.75 Å². The zero-order valence-electron chi connectivity index (χ0n) is 11.3. The lowest BCUT2D eigenvalue weighted by Crippen LogP contribution is -1.98. The standard InChI is InChI=1S/C17H16N2O/c1-20-14-4-2-3-12(9-14)15-6-5-13(10-18)17-11-19-8-7-16(15)17/h2-9,11H,10,18H2,1H3. The molecule has 1 aromatic heterocycles. The van der Waals surface area contributed by atoms with Crippen LogP contribution in [0, 0.1) is 0 Å². The third-order valence-corrected chi connectivity index (χ3v) is 3.51. The van der Waals surface area contributed by atoms with Crippen molar-refractivity contribution in [3.8, 4) is 16.9 Å². The zero-order chi connectivity index (χ0) is 13.9. The van der Waals surface area contributed by atoms with E-state index in [1.807, 2.05) is 36.7 Å². The van der Waals surface area contributed by atoms with E-state index in [0.717, 1.165) is 27.6 Å². The summed E-state index contributed by atoms with van der Waals surface area (Å²) in [6, 6.07) is 14.3. The molecular formula is C17H16N2O. The van der Waals surface area contributed by atoms with E-state index in [0.29, 0.717) is 6.54 Å². The van der Waals surface area contributed by atoms with Crippen LogP contribution in [-0.2, 0) is 6.54 Å². The predicted molar refractivity (Wildman–Crippen MR) is 81.6 cm³/mol. The summed E-state index contributed by atoms with van der Waals surface area (Å²) in [5.41, 5.74) is 9.21. The van der Waals surface area contributed by atoms with Crippen molar-refractivity contribution in [2.45, 2.75) is 6.54 Å². The molecule has 0 bridgehead atoms. The summed E-state index contributed by atoms with van der Waals surface area (Å²) in [6.07, 6.45) is 3.69. The molecule has 0 saturated carbocycles. The molecule has 2 aromatic carbocycles. The Morgan fingerprint density at radius 1 is 1.10 bits per heavy atom. The molecular weight excluding hydrogens is 248 g/mol. The summed E-state index contributed by atoms with van der Waals surface area (Å²) in [5.74, 6) is 0.854. The molecule has 0 unspecified atom stereocenters. The molecule has 0 aliphatic heterocycles. The van der Waals surface area contributed by atoms with Crippen LogP contribution >= 0.6 is 0 Å². The van der Waals surface area contributed by atoms with Crippen LogP contribution < -0.4 is 10.5 Å². The SMILES string of the molecule is COc1cccc(-c2ccc(CN)c3cnccc23)c1. The van der Waals surface area contributed by atoms with Gasteiger partial charge in [0.2, 0.25) is 0 Å². The first-order valence-corrected chi connectivity index (χ1v) is 6.53. The number of benzene rings is 2. The average molecular weight is 264 g/mol. The summed E-state index contributed by atoms with van der Waals surface area (Å²) < 4.78 is 5.30. The summed E-state index contributed by atoms with van der Waals surface area (Å²) in [5, 5.41) is 2.27. The molecule has 2 N–H and O–H groups in total. The van der Waals surface area contributed by atoms with E-state index in [-0.39, 0.29) is 0 Å². The van der Waals surface area contributed by atoms with Crippen molar-refractivity contribution < 1.29 is 4.74 Å². The van der Waals surface area contributed by atoms with Crippen LogP contribution in [0.4, 0.5) is 0 Å². The van der Waals surface area contributed by atoms with Crippen molar-refractivity contribution in [2.75, 3.05) is 7.11 Å². The lowest BCUT2D eigenvalue weighted by molar-refractivity contribution is 0.415. The van der Waals surface area contributed by atoms with E-state index in [2.05, 4.69) is 23.2 Å². The van der Waals surface area contributed by atoms with Gasteiger partial charge in [-0.3, -0.25) is 4.98 Å². The molecule has 0 spiro atoms. The first-order valence-electron chi connectivity index (χ1n) is 6.53. The number of methoxy groups -OCH3 is 1. The molecule has 3 nitrogen and oxygen atoms in total. The van der Waals surface area contributed by atoms with Crippen LogP contribution in [0.3, 0.4) is 0 Å². The molecule has 3 rings (SSSR count). The number of hydrogen-bond acceptors (Lipinski definition) is 3. The number of hydrogen-bond donors (Lipinski definition) is 1. The number of rotatable bonds is 3. The van der Waals surface area contributed by atoms with E-state index in [9.17, 15) is 0 Å². The van der Waals surface area contributed by atoms with Crippen LogP contribution in [0.15, 0.2) is 54.9 Å². The van der Waals surface area contributed by atoms with E-state index >= 15 is 0 Å². The van der Waals surface area contributed by atoms with Gasteiger partial charge in [-0.15, -0.1) is 0 Å². The van der Waals surface area contributed by atoms with Gasteiger partial charge < -0.3 is 10.5 Å². The summed E-state index contributed by atoms with van der Waals surface area (Å²) in [6.45, 7) is 0.514. The van der Waals surface area contributed by atoms with Crippen LogP contribution in [-0.4, -0.2) is 12.1 Å². The van der Waals surface area contributed by atoms with Crippen molar-refractivity contribution in [1.82, 2.24) is 4.98 Å². The maximum atomic E-state index is 5.80. The lowest BCUT2D eigenvalue weighted by atomic mass is 9.96. The molecule has 100 valence electrons. The first-order chi connectivity index (χ1) is 9.83. The van der Waals surface area contributed by atoms with Crippen molar-refractivity contribution in [3.05, 3.63) is 60.4 Å². The van der Waals surface area contributed by atoms with Crippen molar-refractivity contribution in [1.29, 1.82) is 0 Å². The Morgan fingerprint density at radius 2 is 2.00 bits per heavy atom. The summed E-state index contributed by atoms with van der Waals surface area (Å²) >= 11 is 0. The largest absolute Gasteiger partial charge is 0.497 e. The van der Waals surface area contributed by atoms with E-state index in [1.54, 1.807) is 7.11 Å². The third-order valence-electron chi connectivity index (χ3n) is 3.51. The molecule has 0 radical (unpaired) electrons. The van der Waals surface area contributed by atoms with Gasteiger partial charge in [-0.25, -0.2) is 0 Å². The smallest absolute Gasteiger partial charge is 0.119 e. The minimum absolute atomic E-state index is 0.514. The second-order valence-electron chi connectivity index (χ2n) is 4.63. The molecule has 0 aliphatic carbocycles. The van der Waals surface area contributed by atoms with Crippen LogP contribution in [0.25, 0.3) is 21.9 Å². The first kappa shape index (κ1) is 12.6. The molecule has 0 amide bonds. The number of ether oxygens (including phenoxy) is 1. The van der Waals surface area contributed by atoms with E-state index < -0.39 is 0 Å². The Balaban J connectivity index is 2.26. The highest BCUT2D eigenvalue weighted by atomic mass is 16.5. The quantitative estimate of drug-likeness (QED) is 0.789. The average Bonchev–Trinajstić information content (AvgIpc) is 2.54. The highest BCUT2D eigenvalue weighted by Crippen LogP contribution is 2.31. The summed E-state index contributed by atoms with van der Waals surface area (Å²) in [7, 11) is 1.68. The molecule has 20 heavy (non-hydrogen) atoms. The monoisotopic (exact) mass is 264 g/mol. The number of nitrogens with zero attached hydrogens (tertiary/aromatic N) is 1. The van der Waals surface area contributed by atoms with Gasteiger partial charge in [0.05, 0.1) is 7.11 Å². The number of fused-ring (bicyclic) bond motifs is 1. The zero-order valence-corrected chi connectivity index (χ0v) is 11.3. The Bertz CT molecular complexity index is 753.